The molecule has 5 rings (SSSR count). The van der Waals surface area contributed by atoms with Crippen molar-refractivity contribution in [2.24, 2.45) is 0 Å². The monoisotopic (exact) mass is 544 g/mol. The van der Waals surface area contributed by atoms with E-state index >= 15 is 0 Å². The number of likely N-dealkylation sites (tertiary alicyclic amines) is 1. The highest BCUT2D eigenvalue weighted by atomic mass is 16.6. The van der Waals surface area contributed by atoms with E-state index in [2.05, 4.69) is 15.1 Å². The van der Waals surface area contributed by atoms with Crippen LogP contribution < -0.4 is 5.73 Å². The van der Waals surface area contributed by atoms with Crippen molar-refractivity contribution in [1.29, 1.82) is 0 Å². The molecule has 3 N–H and O–H groups in total. The topological polar surface area (TPSA) is 128 Å². The number of carbonyl (C=O) groups excluding carboxylic acids is 2. The largest absolute Gasteiger partial charge is 0.444 e. The van der Waals surface area contributed by atoms with Gasteiger partial charge in [0, 0.05) is 11.9 Å². The average molecular weight is 545 g/mol. The summed E-state index contributed by atoms with van der Waals surface area (Å²) in [7, 11) is 0. The molecule has 1 saturated heterocycles. The number of carbonyl (C=O) groups is 2. The second-order valence-corrected chi connectivity index (χ2v) is 12.1. The number of nitrogen functional groups attached to an aromatic ring is 1. The van der Waals surface area contributed by atoms with Crippen molar-refractivity contribution >= 4 is 28.9 Å². The highest BCUT2D eigenvalue weighted by molar-refractivity contribution is 5.97. The zero-order chi connectivity index (χ0) is 28.8. The van der Waals surface area contributed by atoms with Crippen molar-refractivity contribution in [2.75, 3.05) is 12.3 Å². The number of benzene rings is 2. The van der Waals surface area contributed by atoms with E-state index < -0.39 is 17.3 Å². The lowest BCUT2D eigenvalue weighted by Crippen LogP contribution is -2.36. The van der Waals surface area contributed by atoms with Gasteiger partial charge < -0.3 is 20.2 Å². The fourth-order valence-electron chi connectivity index (χ4n) is 4.85. The van der Waals surface area contributed by atoms with E-state index in [0.717, 1.165) is 41.1 Å². The summed E-state index contributed by atoms with van der Waals surface area (Å²) in [6, 6.07) is 13.6. The number of nitrogens with zero attached hydrogens (tertiary/aromatic N) is 4. The van der Waals surface area contributed by atoms with Gasteiger partial charge >= 0.3 is 12.2 Å². The van der Waals surface area contributed by atoms with Crippen molar-refractivity contribution in [3.05, 3.63) is 54.5 Å². The number of fused-ring (bicyclic) bond motifs is 1. The molecule has 1 aliphatic rings. The van der Waals surface area contributed by atoms with Crippen LogP contribution in [0, 0.1) is 0 Å². The Kier molecular flexibility index (Phi) is 6.81. The Morgan fingerprint density at radius 1 is 0.925 bits per heavy atom. The molecule has 40 heavy (non-hydrogen) atoms. The lowest BCUT2D eigenvalue weighted by molar-refractivity contribution is 0.0218. The summed E-state index contributed by atoms with van der Waals surface area (Å²) in [6.45, 7) is 11.7. The SMILES string of the molecule is CC(C)(C)OC(=O)N1CCC[C@H]1c1ncc(-c2ccc(-c3ccc4c(N)nn(C(=O)OC(C)(C)C)c4c3)cc2)[nH]1. The van der Waals surface area contributed by atoms with Crippen LogP contribution in [0.15, 0.2) is 48.7 Å². The normalized spacial score (nSPS) is 15.9. The second kappa shape index (κ2) is 10.0. The summed E-state index contributed by atoms with van der Waals surface area (Å²) < 4.78 is 12.3. The molecule has 0 spiro atoms. The molecular formula is C30H36N6O4. The molecule has 0 bridgehead atoms. The minimum absolute atomic E-state index is 0.142. The number of rotatable bonds is 3. The van der Waals surface area contributed by atoms with Crippen molar-refractivity contribution in [2.45, 2.75) is 71.6 Å². The maximum Gasteiger partial charge on any atom is 0.435 e. The minimum Gasteiger partial charge on any atom is -0.444 e. The van der Waals surface area contributed by atoms with Gasteiger partial charge in [0.1, 0.15) is 17.0 Å². The van der Waals surface area contributed by atoms with Crippen molar-refractivity contribution < 1.29 is 19.1 Å². The number of hydrogen-bond acceptors (Lipinski definition) is 7. The van der Waals surface area contributed by atoms with E-state index in [1.54, 1.807) is 31.9 Å². The summed E-state index contributed by atoms with van der Waals surface area (Å²) in [5, 5.41) is 4.89. The van der Waals surface area contributed by atoms with E-state index in [4.69, 9.17) is 15.2 Å². The van der Waals surface area contributed by atoms with Crippen LogP contribution in [0.1, 0.15) is 66.3 Å². The predicted octanol–water partition coefficient (Wildman–Crippen LogP) is 6.53. The lowest BCUT2D eigenvalue weighted by atomic mass is 10.0. The minimum atomic E-state index is -0.657. The van der Waals surface area contributed by atoms with Gasteiger partial charge in [-0.2, -0.15) is 4.68 Å². The Balaban J connectivity index is 1.37. The smallest absolute Gasteiger partial charge is 0.435 e. The highest BCUT2D eigenvalue weighted by Gasteiger charge is 2.34. The number of nitrogens with two attached hydrogens (primary N) is 1. The van der Waals surface area contributed by atoms with E-state index in [0.29, 0.717) is 17.4 Å². The quantitative estimate of drug-likeness (QED) is 0.300. The fourth-order valence-corrected chi connectivity index (χ4v) is 4.85. The molecular weight excluding hydrogens is 508 g/mol. The number of nitrogens with one attached hydrogen (secondary N) is 1. The number of H-pyrrole nitrogens is 1. The number of anilines is 1. The molecule has 0 unspecified atom stereocenters. The molecule has 1 fully saturated rings. The summed E-state index contributed by atoms with van der Waals surface area (Å²) in [4.78, 5) is 35.2. The summed E-state index contributed by atoms with van der Waals surface area (Å²) in [5.74, 6) is 1.02. The first-order chi connectivity index (χ1) is 18.8. The van der Waals surface area contributed by atoms with Gasteiger partial charge in [-0.25, -0.2) is 14.6 Å². The molecule has 0 aliphatic carbocycles. The Morgan fingerprint density at radius 2 is 1.55 bits per heavy atom. The first-order valence-corrected chi connectivity index (χ1v) is 13.5. The van der Waals surface area contributed by atoms with E-state index in [9.17, 15) is 9.59 Å². The van der Waals surface area contributed by atoms with Gasteiger partial charge in [0.25, 0.3) is 0 Å². The molecule has 10 heteroatoms. The van der Waals surface area contributed by atoms with Crippen LogP contribution in [0.2, 0.25) is 0 Å². The van der Waals surface area contributed by atoms with E-state index in [1.165, 1.54) is 4.68 Å². The first-order valence-electron chi connectivity index (χ1n) is 13.5. The Morgan fingerprint density at radius 3 is 2.23 bits per heavy atom. The van der Waals surface area contributed by atoms with Crippen LogP contribution in [0.25, 0.3) is 33.3 Å². The summed E-state index contributed by atoms with van der Waals surface area (Å²) in [5.41, 5.74) is 9.15. The number of ether oxygens (including phenoxy) is 2. The summed E-state index contributed by atoms with van der Waals surface area (Å²) in [6.07, 6.45) is 2.63. The van der Waals surface area contributed by atoms with Crippen LogP contribution >= 0.6 is 0 Å². The molecule has 0 saturated carbocycles. The van der Waals surface area contributed by atoms with Crippen LogP contribution in [0.3, 0.4) is 0 Å². The number of imidazole rings is 1. The third-order valence-electron chi connectivity index (χ3n) is 6.60. The Hall–Kier alpha value is -4.34. The Bertz CT molecular complexity index is 1560. The predicted molar refractivity (Wildman–Crippen MR) is 154 cm³/mol. The number of aromatic nitrogens is 4. The van der Waals surface area contributed by atoms with Crippen LogP contribution in [-0.2, 0) is 9.47 Å². The molecule has 4 aromatic rings. The second-order valence-electron chi connectivity index (χ2n) is 12.1. The van der Waals surface area contributed by atoms with Crippen LogP contribution in [0.5, 0.6) is 0 Å². The first kappa shape index (κ1) is 27.2. The van der Waals surface area contributed by atoms with E-state index in [1.807, 2.05) is 63.2 Å². The van der Waals surface area contributed by atoms with Gasteiger partial charge in [0.2, 0.25) is 0 Å². The standard InChI is InChI=1S/C30H36N6O4/c1-29(2,3)39-27(37)35-15-7-8-23(35)26-32-17-22(33-26)19-11-9-18(10-12-19)20-13-14-21-24(16-20)36(34-25(21)31)28(38)40-30(4,5)6/h9-14,16-17,23H,7-8,15H2,1-6H3,(H2,31,34)(H,32,33)/t23-/m0/s1. The van der Waals surface area contributed by atoms with Gasteiger partial charge in [-0.05, 0) is 83.2 Å². The average Bonchev–Trinajstić information content (AvgIpc) is 3.61. The lowest BCUT2D eigenvalue weighted by Gasteiger charge is -2.27. The van der Waals surface area contributed by atoms with Gasteiger partial charge in [-0.15, -0.1) is 5.10 Å². The maximum atomic E-state index is 12.7. The molecule has 3 heterocycles. The summed E-state index contributed by atoms with van der Waals surface area (Å²) >= 11 is 0. The number of hydrogen-bond donors (Lipinski definition) is 2. The van der Waals surface area contributed by atoms with Crippen molar-refractivity contribution in [3.63, 3.8) is 0 Å². The third kappa shape index (κ3) is 5.66. The van der Waals surface area contributed by atoms with Gasteiger partial charge in [-0.1, -0.05) is 30.3 Å². The third-order valence-corrected chi connectivity index (χ3v) is 6.60. The van der Waals surface area contributed by atoms with Crippen molar-refractivity contribution in [3.8, 4) is 22.4 Å². The fraction of sp³-hybridized carbons (Fsp3) is 0.400. The number of aromatic amines is 1. The van der Waals surface area contributed by atoms with Crippen molar-refractivity contribution in [1.82, 2.24) is 24.6 Å². The molecule has 1 aliphatic heterocycles. The van der Waals surface area contributed by atoms with Gasteiger partial charge in [0.15, 0.2) is 5.82 Å². The van der Waals surface area contributed by atoms with E-state index in [-0.39, 0.29) is 18.0 Å². The van der Waals surface area contributed by atoms with Gasteiger partial charge in [-0.3, -0.25) is 4.90 Å². The molecule has 2 aromatic heterocycles. The number of amides is 1. The van der Waals surface area contributed by atoms with Crippen LogP contribution in [0.4, 0.5) is 15.4 Å². The molecule has 10 nitrogen and oxygen atoms in total. The molecule has 1 amide bonds. The molecule has 0 radical (unpaired) electrons. The zero-order valence-corrected chi connectivity index (χ0v) is 23.8. The van der Waals surface area contributed by atoms with Gasteiger partial charge in [0.05, 0.1) is 23.4 Å². The van der Waals surface area contributed by atoms with Crippen LogP contribution in [-0.4, -0.2) is 54.6 Å². The maximum absolute atomic E-state index is 12.7. The highest BCUT2D eigenvalue weighted by Crippen LogP contribution is 2.34. The zero-order valence-electron chi connectivity index (χ0n) is 23.8. The molecule has 2 aromatic carbocycles. The molecule has 210 valence electrons. The Labute approximate surface area is 233 Å². The molecule has 1 atom stereocenters.